The Morgan fingerprint density at radius 2 is 2.33 bits per heavy atom. The molecule has 1 aromatic rings. The van der Waals surface area contributed by atoms with Gasteiger partial charge in [-0.05, 0) is 31.8 Å². The van der Waals surface area contributed by atoms with Gasteiger partial charge in [-0.3, -0.25) is 4.79 Å². The van der Waals surface area contributed by atoms with Crippen molar-refractivity contribution in [1.29, 1.82) is 0 Å². The molecule has 1 aliphatic heterocycles. The van der Waals surface area contributed by atoms with Gasteiger partial charge in [0, 0.05) is 19.6 Å². The van der Waals surface area contributed by atoms with Crippen LogP contribution in [0.15, 0.2) is 0 Å². The summed E-state index contributed by atoms with van der Waals surface area (Å²) in [6.07, 6.45) is 1.14. The Bertz CT molecular complexity index is 488. The van der Waals surface area contributed by atoms with Gasteiger partial charge in [0.25, 0.3) is 5.91 Å². The first kappa shape index (κ1) is 16.0. The standard InChI is InChI=1S/C14H25N5OS/c1-9(2)6-17-14-18-12(15)11(21-14)13(20)16-7-10-4-5-19(3)8-10/h9-10H,4-8,15H2,1-3H3,(H,16,20)(H,17,18). The van der Waals surface area contributed by atoms with Crippen LogP contribution in [0.25, 0.3) is 0 Å². The second-order valence-corrected chi connectivity index (χ2v) is 7.13. The molecule has 1 unspecified atom stereocenters. The highest BCUT2D eigenvalue weighted by molar-refractivity contribution is 7.18. The molecule has 0 aromatic carbocycles. The van der Waals surface area contributed by atoms with Crippen molar-refractivity contribution in [3.8, 4) is 0 Å². The van der Waals surface area contributed by atoms with Crippen LogP contribution in [0.3, 0.4) is 0 Å². The van der Waals surface area contributed by atoms with Crippen LogP contribution in [-0.2, 0) is 0 Å². The minimum absolute atomic E-state index is 0.114. The number of nitrogens with two attached hydrogens (primary N) is 1. The fourth-order valence-electron chi connectivity index (χ4n) is 2.37. The maximum atomic E-state index is 12.2. The third-order valence-electron chi connectivity index (χ3n) is 3.56. The predicted octanol–water partition coefficient (Wildman–Crippen LogP) is 1.47. The highest BCUT2D eigenvalue weighted by Gasteiger charge is 2.21. The van der Waals surface area contributed by atoms with Gasteiger partial charge in [-0.15, -0.1) is 0 Å². The van der Waals surface area contributed by atoms with E-state index in [0.717, 1.165) is 26.1 Å². The Kier molecular flexibility index (Phi) is 5.41. The molecule has 0 aliphatic carbocycles. The molecule has 21 heavy (non-hydrogen) atoms. The number of likely N-dealkylation sites (tertiary alicyclic amines) is 1. The first-order valence-electron chi connectivity index (χ1n) is 7.42. The highest BCUT2D eigenvalue weighted by atomic mass is 32.1. The fraction of sp³-hybridized carbons (Fsp3) is 0.714. The van der Waals surface area contributed by atoms with E-state index < -0.39 is 0 Å². The molecule has 1 aromatic heterocycles. The predicted molar refractivity (Wildman–Crippen MR) is 87.8 cm³/mol. The van der Waals surface area contributed by atoms with Gasteiger partial charge < -0.3 is 21.3 Å². The van der Waals surface area contributed by atoms with Gasteiger partial charge >= 0.3 is 0 Å². The van der Waals surface area contributed by atoms with Crippen molar-refractivity contribution < 1.29 is 4.79 Å². The number of thiazole rings is 1. The van der Waals surface area contributed by atoms with E-state index in [4.69, 9.17) is 5.73 Å². The summed E-state index contributed by atoms with van der Waals surface area (Å²) in [6, 6.07) is 0. The van der Waals surface area contributed by atoms with E-state index in [1.54, 1.807) is 0 Å². The Labute approximate surface area is 130 Å². The van der Waals surface area contributed by atoms with Crippen molar-refractivity contribution in [1.82, 2.24) is 15.2 Å². The molecule has 0 spiro atoms. The third-order valence-corrected chi connectivity index (χ3v) is 4.59. The topological polar surface area (TPSA) is 83.3 Å². The molecule has 1 saturated heterocycles. The van der Waals surface area contributed by atoms with Crippen LogP contribution in [0.5, 0.6) is 0 Å². The van der Waals surface area contributed by atoms with Crippen LogP contribution in [0, 0.1) is 11.8 Å². The van der Waals surface area contributed by atoms with Gasteiger partial charge in [0.2, 0.25) is 0 Å². The lowest BCUT2D eigenvalue weighted by molar-refractivity contribution is 0.0952. The SMILES string of the molecule is CC(C)CNc1nc(N)c(C(=O)NCC2CCN(C)C2)s1. The molecule has 7 heteroatoms. The number of nitrogens with one attached hydrogen (secondary N) is 2. The largest absolute Gasteiger partial charge is 0.382 e. The third kappa shape index (κ3) is 4.57. The monoisotopic (exact) mass is 311 g/mol. The van der Waals surface area contributed by atoms with Crippen molar-refractivity contribution in [2.45, 2.75) is 20.3 Å². The molecule has 1 fully saturated rings. The van der Waals surface area contributed by atoms with Crippen molar-refractivity contribution in [3.05, 3.63) is 4.88 Å². The molecular weight excluding hydrogens is 286 g/mol. The molecule has 6 nitrogen and oxygen atoms in total. The minimum Gasteiger partial charge on any atom is -0.382 e. The lowest BCUT2D eigenvalue weighted by atomic mass is 10.1. The van der Waals surface area contributed by atoms with Crippen molar-refractivity contribution in [2.75, 3.05) is 44.3 Å². The first-order valence-corrected chi connectivity index (χ1v) is 8.24. The molecule has 0 bridgehead atoms. The van der Waals surface area contributed by atoms with Gasteiger partial charge in [-0.1, -0.05) is 25.2 Å². The number of hydrogen-bond donors (Lipinski definition) is 3. The van der Waals surface area contributed by atoms with Gasteiger partial charge in [-0.2, -0.15) is 0 Å². The normalized spacial score (nSPS) is 19.1. The molecule has 118 valence electrons. The number of hydrogen-bond acceptors (Lipinski definition) is 6. The summed E-state index contributed by atoms with van der Waals surface area (Å²) < 4.78 is 0. The average Bonchev–Trinajstić information content (AvgIpc) is 3.00. The first-order chi connectivity index (χ1) is 9.95. The number of aromatic nitrogens is 1. The number of nitrogens with zero attached hydrogens (tertiary/aromatic N) is 2. The molecule has 0 radical (unpaired) electrons. The number of rotatable bonds is 6. The summed E-state index contributed by atoms with van der Waals surface area (Å²) >= 11 is 1.32. The summed E-state index contributed by atoms with van der Waals surface area (Å²) in [5.41, 5.74) is 5.84. The molecule has 1 atom stereocenters. The van der Waals surface area contributed by atoms with E-state index >= 15 is 0 Å². The smallest absolute Gasteiger partial charge is 0.265 e. The van der Waals surface area contributed by atoms with Crippen molar-refractivity contribution in [2.24, 2.45) is 11.8 Å². The Morgan fingerprint density at radius 1 is 1.57 bits per heavy atom. The van der Waals surface area contributed by atoms with Crippen LogP contribution in [0.1, 0.15) is 29.9 Å². The number of anilines is 2. The molecule has 2 heterocycles. The van der Waals surface area contributed by atoms with E-state index in [0.29, 0.717) is 34.2 Å². The molecule has 4 N–H and O–H groups in total. The van der Waals surface area contributed by atoms with E-state index in [1.165, 1.54) is 11.3 Å². The van der Waals surface area contributed by atoms with Crippen LogP contribution in [0.2, 0.25) is 0 Å². The van der Waals surface area contributed by atoms with Crippen LogP contribution in [0.4, 0.5) is 10.9 Å². The van der Waals surface area contributed by atoms with Crippen LogP contribution < -0.4 is 16.4 Å². The molecule has 2 rings (SSSR count). The van der Waals surface area contributed by atoms with E-state index in [1.807, 2.05) is 0 Å². The van der Waals surface area contributed by atoms with Crippen molar-refractivity contribution in [3.63, 3.8) is 0 Å². The summed E-state index contributed by atoms with van der Waals surface area (Å²) in [6.45, 7) is 7.91. The maximum Gasteiger partial charge on any atom is 0.265 e. The molecule has 1 aliphatic rings. The number of amides is 1. The highest BCUT2D eigenvalue weighted by Crippen LogP contribution is 2.25. The quantitative estimate of drug-likeness (QED) is 0.741. The number of carbonyl (C=O) groups excluding carboxylic acids is 1. The maximum absolute atomic E-state index is 12.2. The van der Waals surface area contributed by atoms with E-state index in [2.05, 4.69) is 41.4 Å². The van der Waals surface area contributed by atoms with Gasteiger partial charge in [0.15, 0.2) is 5.13 Å². The van der Waals surface area contributed by atoms with Crippen LogP contribution in [-0.4, -0.2) is 49.0 Å². The van der Waals surface area contributed by atoms with Crippen LogP contribution >= 0.6 is 11.3 Å². The molecule has 0 saturated carbocycles. The van der Waals surface area contributed by atoms with Gasteiger partial charge in [0.05, 0.1) is 0 Å². The Balaban J connectivity index is 1.86. The summed E-state index contributed by atoms with van der Waals surface area (Å²) in [5, 5.41) is 6.90. The number of carbonyl (C=O) groups is 1. The van der Waals surface area contributed by atoms with Crippen molar-refractivity contribution >= 4 is 28.2 Å². The fourth-order valence-corrected chi connectivity index (χ4v) is 3.18. The lowest BCUT2D eigenvalue weighted by Crippen LogP contribution is -2.30. The van der Waals surface area contributed by atoms with E-state index in [-0.39, 0.29) is 5.91 Å². The average molecular weight is 311 g/mol. The van der Waals surface area contributed by atoms with Gasteiger partial charge in [-0.25, -0.2) is 4.98 Å². The Hall–Kier alpha value is -1.34. The Morgan fingerprint density at radius 3 is 2.95 bits per heavy atom. The lowest BCUT2D eigenvalue weighted by Gasteiger charge is -2.11. The summed E-state index contributed by atoms with van der Waals surface area (Å²) in [7, 11) is 2.11. The van der Waals surface area contributed by atoms with Gasteiger partial charge in [0.1, 0.15) is 10.7 Å². The minimum atomic E-state index is -0.114. The molecular formula is C14H25N5OS. The second kappa shape index (κ2) is 7.09. The zero-order valence-corrected chi connectivity index (χ0v) is 13.8. The zero-order valence-electron chi connectivity index (χ0n) is 13.0. The summed E-state index contributed by atoms with van der Waals surface area (Å²) in [4.78, 5) is 19.2. The molecule has 1 amide bonds. The zero-order chi connectivity index (χ0) is 15.4. The number of nitrogen functional groups attached to an aromatic ring is 1. The summed E-state index contributed by atoms with van der Waals surface area (Å²) in [5.74, 6) is 1.25. The second-order valence-electron chi connectivity index (χ2n) is 6.14. The van der Waals surface area contributed by atoms with E-state index in [9.17, 15) is 4.79 Å².